The second kappa shape index (κ2) is 5.21. The Balaban J connectivity index is 1.84. The van der Waals surface area contributed by atoms with Gasteiger partial charge in [0.15, 0.2) is 0 Å². The molecule has 2 aliphatic rings. The van der Waals surface area contributed by atoms with E-state index in [4.69, 9.17) is 11.6 Å². The molecule has 2 atom stereocenters. The largest absolute Gasteiger partial charge is 0.279 e. The molecule has 16 heavy (non-hydrogen) atoms. The third-order valence-electron chi connectivity index (χ3n) is 3.50. The molecule has 94 valence electrons. The van der Waals surface area contributed by atoms with Gasteiger partial charge in [0.05, 0.1) is 0 Å². The minimum absolute atomic E-state index is 0.140. The van der Waals surface area contributed by atoms with Gasteiger partial charge in [0, 0.05) is 25.0 Å². The van der Waals surface area contributed by atoms with E-state index in [0.29, 0.717) is 25.6 Å². The second-order valence-electron chi connectivity index (χ2n) is 4.67. The van der Waals surface area contributed by atoms with Crippen molar-refractivity contribution in [1.82, 2.24) is 9.03 Å². The molecule has 1 aliphatic heterocycles. The van der Waals surface area contributed by atoms with Crippen LogP contribution >= 0.6 is 11.6 Å². The lowest BCUT2D eigenvalue weighted by Crippen LogP contribution is -2.41. The summed E-state index contributed by atoms with van der Waals surface area (Å²) in [6.07, 6.45) is 5.11. The zero-order chi connectivity index (χ0) is 11.6. The Morgan fingerprint density at radius 1 is 1.19 bits per heavy atom. The molecule has 0 radical (unpaired) electrons. The summed E-state index contributed by atoms with van der Waals surface area (Å²) >= 11 is 6.12. The molecule has 2 rings (SSSR count). The van der Waals surface area contributed by atoms with Crippen LogP contribution in [0, 0.1) is 5.92 Å². The van der Waals surface area contributed by atoms with Crippen molar-refractivity contribution in [1.29, 1.82) is 0 Å². The summed E-state index contributed by atoms with van der Waals surface area (Å²) in [6.45, 7) is 1.81. The fourth-order valence-electron chi connectivity index (χ4n) is 2.45. The molecule has 1 saturated heterocycles. The third-order valence-corrected chi connectivity index (χ3v) is 5.65. The first-order valence-electron chi connectivity index (χ1n) is 5.98. The van der Waals surface area contributed by atoms with E-state index in [0.717, 1.165) is 32.1 Å². The van der Waals surface area contributed by atoms with Crippen molar-refractivity contribution in [3.8, 4) is 0 Å². The molecular weight excluding hydrogens is 248 g/mol. The topological polar surface area (TPSA) is 49.4 Å². The highest BCUT2D eigenvalue weighted by atomic mass is 35.5. The Kier molecular flexibility index (Phi) is 4.11. The Labute approximate surface area is 103 Å². The van der Waals surface area contributed by atoms with E-state index in [2.05, 4.69) is 4.72 Å². The van der Waals surface area contributed by atoms with Gasteiger partial charge in [-0.3, -0.25) is 0 Å². The van der Waals surface area contributed by atoms with Crippen LogP contribution < -0.4 is 4.72 Å². The number of hydrogen-bond acceptors (Lipinski definition) is 2. The van der Waals surface area contributed by atoms with Crippen molar-refractivity contribution in [2.75, 3.05) is 19.6 Å². The van der Waals surface area contributed by atoms with Crippen LogP contribution in [0.1, 0.15) is 32.1 Å². The molecule has 1 saturated carbocycles. The molecule has 0 aromatic carbocycles. The molecule has 1 heterocycles. The van der Waals surface area contributed by atoms with E-state index in [1.54, 1.807) is 0 Å². The van der Waals surface area contributed by atoms with Crippen molar-refractivity contribution in [2.45, 2.75) is 37.5 Å². The quantitative estimate of drug-likeness (QED) is 0.781. The lowest BCUT2D eigenvalue weighted by Gasteiger charge is -2.19. The number of alkyl halides is 1. The predicted octanol–water partition coefficient (Wildman–Crippen LogP) is 1.32. The van der Waals surface area contributed by atoms with Crippen molar-refractivity contribution >= 4 is 21.8 Å². The Hall–Kier alpha value is 0.160. The van der Waals surface area contributed by atoms with Crippen LogP contribution in [0.3, 0.4) is 0 Å². The maximum atomic E-state index is 11.9. The molecule has 0 bridgehead atoms. The Morgan fingerprint density at radius 3 is 2.44 bits per heavy atom. The van der Waals surface area contributed by atoms with Crippen LogP contribution in [0.5, 0.6) is 0 Å². The summed E-state index contributed by atoms with van der Waals surface area (Å²) in [5, 5.41) is 0.140. The van der Waals surface area contributed by atoms with Crippen LogP contribution in [-0.2, 0) is 10.2 Å². The predicted molar refractivity (Wildman–Crippen MR) is 64.7 cm³/mol. The van der Waals surface area contributed by atoms with Gasteiger partial charge in [0.25, 0.3) is 10.2 Å². The smallest absolute Gasteiger partial charge is 0.202 e. The van der Waals surface area contributed by atoms with Crippen LogP contribution in [0.25, 0.3) is 0 Å². The van der Waals surface area contributed by atoms with E-state index in [-0.39, 0.29) is 5.38 Å². The van der Waals surface area contributed by atoms with Gasteiger partial charge in [-0.05, 0) is 31.6 Å². The molecule has 0 spiro atoms. The summed E-state index contributed by atoms with van der Waals surface area (Å²) < 4.78 is 28.0. The lowest BCUT2D eigenvalue weighted by atomic mass is 10.1. The molecule has 2 fully saturated rings. The normalized spacial score (nSPS) is 32.3. The van der Waals surface area contributed by atoms with Gasteiger partial charge in [0.1, 0.15) is 0 Å². The summed E-state index contributed by atoms with van der Waals surface area (Å²) in [5.41, 5.74) is 0. The Bertz CT molecular complexity index is 328. The standard InChI is InChI=1S/C10H19ClN2O2S/c11-10-5-3-4-9(10)8-12-16(14,15)13-6-1-2-7-13/h9-10,12H,1-8H2. The van der Waals surface area contributed by atoms with Gasteiger partial charge in [-0.1, -0.05) is 6.42 Å². The maximum Gasteiger partial charge on any atom is 0.279 e. The lowest BCUT2D eigenvalue weighted by molar-refractivity contribution is 0.451. The first-order chi connectivity index (χ1) is 7.59. The van der Waals surface area contributed by atoms with Crippen LogP contribution in [0.15, 0.2) is 0 Å². The van der Waals surface area contributed by atoms with Gasteiger partial charge in [-0.2, -0.15) is 12.7 Å². The Morgan fingerprint density at radius 2 is 1.88 bits per heavy atom. The molecule has 1 N–H and O–H groups in total. The average Bonchev–Trinajstić information content (AvgIpc) is 2.85. The first-order valence-corrected chi connectivity index (χ1v) is 7.86. The van der Waals surface area contributed by atoms with E-state index >= 15 is 0 Å². The average molecular weight is 267 g/mol. The van der Waals surface area contributed by atoms with Gasteiger partial charge >= 0.3 is 0 Å². The maximum absolute atomic E-state index is 11.9. The number of hydrogen-bond donors (Lipinski definition) is 1. The fraction of sp³-hybridized carbons (Fsp3) is 1.00. The molecule has 6 heteroatoms. The van der Waals surface area contributed by atoms with Crippen molar-refractivity contribution in [2.24, 2.45) is 5.92 Å². The molecule has 0 aromatic heterocycles. The molecular formula is C10H19ClN2O2S. The molecule has 0 amide bonds. The molecule has 2 unspecified atom stereocenters. The second-order valence-corrected chi connectivity index (χ2v) is 6.98. The minimum Gasteiger partial charge on any atom is -0.202 e. The van der Waals surface area contributed by atoms with Crippen LogP contribution in [-0.4, -0.2) is 37.7 Å². The van der Waals surface area contributed by atoms with Crippen molar-refractivity contribution in [3.05, 3.63) is 0 Å². The number of rotatable bonds is 4. The number of nitrogens with one attached hydrogen (secondary N) is 1. The van der Waals surface area contributed by atoms with Gasteiger partial charge in [-0.15, -0.1) is 11.6 Å². The summed E-state index contributed by atoms with van der Waals surface area (Å²) in [6, 6.07) is 0. The molecule has 0 aromatic rings. The van der Waals surface area contributed by atoms with E-state index < -0.39 is 10.2 Å². The van der Waals surface area contributed by atoms with E-state index in [9.17, 15) is 8.42 Å². The van der Waals surface area contributed by atoms with Gasteiger partial charge in [-0.25, -0.2) is 4.72 Å². The monoisotopic (exact) mass is 266 g/mol. The summed E-state index contributed by atoms with van der Waals surface area (Å²) in [7, 11) is -3.25. The highest BCUT2D eigenvalue weighted by Gasteiger charge is 2.29. The minimum atomic E-state index is -3.25. The van der Waals surface area contributed by atoms with Gasteiger partial charge in [0.2, 0.25) is 0 Å². The van der Waals surface area contributed by atoms with Crippen molar-refractivity contribution in [3.63, 3.8) is 0 Å². The van der Waals surface area contributed by atoms with E-state index in [1.165, 1.54) is 4.31 Å². The van der Waals surface area contributed by atoms with Gasteiger partial charge < -0.3 is 0 Å². The first kappa shape index (κ1) is 12.6. The zero-order valence-corrected chi connectivity index (χ0v) is 10.9. The SMILES string of the molecule is O=S(=O)(NCC1CCCC1Cl)N1CCCC1. The van der Waals surface area contributed by atoms with Crippen LogP contribution in [0.4, 0.5) is 0 Å². The highest BCUT2D eigenvalue weighted by molar-refractivity contribution is 7.87. The highest BCUT2D eigenvalue weighted by Crippen LogP contribution is 2.29. The third kappa shape index (κ3) is 2.88. The summed E-state index contributed by atoms with van der Waals surface area (Å²) in [5.74, 6) is 0.305. The molecule has 4 nitrogen and oxygen atoms in total. The fourth-order valence-corrected chi connectivity index (χ4v) is 4.17. The van der Waals surface area contributed by atoms with Crippen LogP contribution in [0.2, 0.25) is 0 Å². The summed E-state index contributed by atoms with van der Waals surface area (Å²) in [4.78, 5) is 0. The number of nitrogens with zero attached hydrogens (tertiary/aromatic N) is 1. The zero-order valence-electron chi connectivity index (χ0n) is 9.36. The van der Waals surface area contributed by atoms with Crippen molar-refractivity contribution < 1.29 is 8.42 Å². The van der Waals surface area contributed by atoms with E-state index in [1.807, 2.05) is 0 Å². The number of halogens is 1. The molecule has 1 aliphatic carbocycles.